The standard InChI is InChI=1S/C18H11Cl2NO2S2/c1-10(22)11-3-2-4-14(7-11)21-17(23)16(25-18(21)24)8-12-5-6-13(19)9-15(12)20/h2-9H,1H3. The molecule has 2 aromatic carbocycles. The molecule has 7 heteroatoms. The van der Waals surface area contributed by atoms with Crippen molar-refractivity contribution in [1.29, 1.82) is 0 Å². The highest BCUT2D eigenvalue weighted by Crippen LogP contribution is 2.37. The second-order valence-electron chi connectivity index (χ2n) is 5.29. The zero-order valence-electron chi connectivity index (χ0n) is 13.0. The predicted molar refractivity (Wildman–Crippen MR) is 109 cm³/mol. The largest absolute Gasteiger partial charge is 0.295 e. The van der Waals surface area contributed by atoms with Gasteiger partial charge in [0.15, 0.2) is 10.1 Å². The molecule has 1 aliphatic rings. The lowest BCUT2D eigenvalue weighted by Crippen LogP contribution is -2.27. The van der Waals surface area contributed by atoms with E-state index < -0.39 is 0 Å². The summed E-state index contributed by atoms with van der Waals surface area (Å²) in [7, 11) is 0. The van der Waals surface area contributed by atoms with Gasteiger partial charge in [0.1, 0.15) is 0 Å². The van der Waals surface area contributed by atoms with E-state index in [1.54, 1.807) is 48.5 Å². The quantitative estimate of drug-likeness (QED) is 0.376. The van der Waals surface area contributed by atoms with Gasteiger partial charge in [0.25, 0.3) is 5.91 Å². The monoisotopic (exact) mass is 407 g/mol. The Morgan fingerprint density at radius 2 is 1.96 bits per heavy atom. The van der Waals surface area contributed by atoms with Crippen molar-refractivity contribution in [2.24, 2.45) is 0 Å². The number of thioether (sulfide) groups is 1. The van der Waals surface area contributed by atoms with Crippen molar-refractivity contribution in [3.05, 3.63) is 68.5 Å². The van der Waals surface area contributed by atoms with Crippen LogP contribution in [-0.4, -0.2) is 16.0 Å². The average molecular weight is 408 g/mol. The highest BCUT2D eigenvalue weighted by Gasteiger charge is 2.33. The zero-order valence-corrected chi connectivity index (χ0v) is 16.1. The van der Waals surface area contributed by atoms with Crippen LogP contribution in [0.4, 0.5) is 5.69 Å². The molecule has 1 aliphatic heterocycles. The highest BCUT2D eigenvalue weighted by molar-refractivity contribution is 8.27. The Morgan fingerprint density at radius 1 is 1.20 bits per heavy atom. The van der Waals surface area contributed by atoms with Crippen LogP contribution in [0.5, 0.6) is 0 Å². The van der Waals surface area contributed by atoms with Crippen molar-refractivity contribution in [2.45, 2.75) is 6.92 Å². The Labute approximate surface area is 164 Å². The first-order valence-corrected chi connectivity index (χ1v) is 9.19. The van der Waals surface area contributed by atoms with E-state index in [9.17, 15) is 9.59 Å². The topological polar surface area (TPSA) is 37.4 Å². The maximum absolute atomic E-state index is 12.8. The van der Waals surface area contributed by atoms with Gasteiger partial charge >= 0.3 is 0 Å². The smallest absolute Gasteiger partial charge is 0.270 e. The van der Waals surface area contributed by atoms with Gasteiger partial charge in [0.05, 0.1) is 10.6 Å². The van der Waals surface area contributed by atoms with Crippen LogP contribution in [0, 0.1) is 0 Å². The van der Waals surface area contributed by atoms with E-state index in [4.69, 9.17) is 35.4 Å². The van der Waals surface area contributed by atoms with Gasteiger partial charge in [-0.3, -0.25) is 14.5 Å². The number of benzene rings is 2. The molecule has 2 aromatic rings. The molecule has 0 unspecified atom stereocenters. The van der Waals surface area contributed by atoms with E-state index in [-0.39, 0.29) is 11.7 Å². The summed E-state index contributed by atoms with van der Waals surface area (Å²) < 4.78 is 0.405. The fourth-order valence-electron chi connectivity index (χ4n) is 2.31. The molecule has 1 saturated heterocycles. The number of anilines is 1. The fourth-order valence-corrected chi connectivity index (χ4v) is 4.07. The minimum absolute atomic E-state index is 0.0734. The number of hydrogen-bond acceptors (Lipinski definition) is 4. The number of nitrogens with zero attached hydrogens (tertiary/aromatic N) is 1. The maximum Gasteiger partial charge on any atom is 0.270 e. The van der Waals surface area contributed by atoms with Crippen molar-refractivity contribution in [1.82, 2.24) is 0 Å². The Morgan fingerprint density at radius 3 is 2.64 bits per heavy atom. The van der Waals surface area contributed by atoms with Crippen molar-refractivity contribution >= 4 is 75.0 Å². The van der Waals surface area contributed by atoms with Gasteiger partial charge in [-0.05, 0) is 42.8 Å². The number of thiocarbonyl (C=S) groups is 1. The van der Waals surface area contributed by atoms with Crippen LogP contribution in [0.1, 0.15) is 22.8 Å². The molecule has 0 saturated carbocycles. The van der Waals surface area contributed by atoms with Crippen molar-refractivity contribution in [3.63, 3.8) is 0 Å². The van der Waals surface area contributed by atoms with E-state index in [2.05, 4.69) is 0 Å². The Kier molecular flexibility index (Phi) is 5.29. The number of ketones is 1. The number of hydrogen-bond donors (Lipinski definition) is 0. The van der Waals surface area contributed by atoms with Crippen molar-refractivity contribution < 1.29 is 9.59 Å². The van der Waals surface area contributed by atoms with Crippen molar-refractivity contribution in [3.8, 4) is 0 Å². The molecule has 1 amide bonds. The van der Waals surface area contributed by atoms with Crippen LogP contribution in [0.3, 0.4) is 0 Å². The minimum Gasteiger partial charge on any atom is -0.295 e. The summed E-state index contributed by atoms with van der Waals surface area (Å²) in [4.78, 5) is 26.2. The molecule has 0 radical (unpaired) electrons. The number of rotatable bonds is 3. The van der Waals surface area contributed by atoms with Gasteiger partial charge in [0, 0.05) is 15.6 Å². The molecule has 1 fully saturated rings. The summed E-state index contributed by atoms with van der Waals surface area (Å²) in [6.07, 6.45) is 1.69. The molecule has 126 valence electrons. The highest BCUT2D eigenvalue weighted by atomic mass is 35.5. The average Bonchev–Trinajstić information content (AvgIpc) is 2.84. The lowest BCUT2D eigenvalue weighted by atomic mass is 10.1. The minimum atomic E-state index is -0.248. The van der Waals surface area contributed by atoms with E-state index in [1.165, 1.54) is 23.6 Å². The first-order chi connectivity index (χ1) is 11.9. The van der Waals surface area contributed by atoms with Crippen LogP contribution < -0.4 is 4.90 Å². The van der Waals surface area contributed by atoms with Gasteiger partial charge in [-0.1, -0.05) is 65.4 Å². The molecule has 1 heterocycles. The van der Waals surface area contributed by atoms with E-state index in [0.717, 1.165) is 0 Å². The van der Waals surface area contributed by atoms with Crippen LogP contribution in [-0.2, 0) is 4.79 Å². The first-order valence-electron chi connectivity index (χ1n) is 7.21. The second kappa shape index (κ2) is 7.30. The second-order valence-corrected chi connectivity index (χ2v) is 7.81. The molecule has 25 heavy (non-hydrogen) atoms. The Balaban J connectivity index is 1.96. The number of carbonyl (C=O) groups is 2. The predicted octanol–water partition coefficient (Wildman–Crippen LogP) is 5.60. The number of Topliss-reactive ketones (excluding diaryl/α,β-unsaturated/α-hetero) is 1. The van der Waals surface area contributed by atoms with Gasteiger partial charge in [-0.15, -0.1) is 0 Å². The molecule has 0 aromatic heterocycles. The molecular formula is C18H11Cl2NO2S2. The normalized spacial score (nSPS) is 16.0. The summed E-state index contributed by atoms with van der Waals surface area (Å²) in [5.41, 5.74) is 1.78. The Hall–Kier alpha value is -1.66. The van der Waals surface area contributed by atoms with Crippen LogP contribution in [0.25, 0.3) is 6.08 Å². The van der Waals surface area contributed by atoms with Gasteiger partial charge in [-0.25, -0.2) is 0 Å². The van der Waals surface area contributed by atoms with Crippen LogP contribution in [0.15, 0.2) is 47.4 Å². The molecule has 0 bridgehead atoms. The molecule has 3 rings (SSSR count). The maximum atomic E-state index is 12.8. The molecular weight excluding hydrogens is 397 g/mol. The SMILES string of the molecule is CC(=O)c1cccc(N2C(=O)C(=Cc3ccc(Cl)cc3Cl)SC2=S)c1. The molecule has 0 N–H and O–H groups in total. The third-order valence-corrected chi connectivity index (χ3v) is 5.42. The summed E-state index contributed by atoms with van der Waals surface area (Å²) >= 11 is 18.6. The summed E-state index contributed by atoms with van der Waals surface area (Å²) in [6.45, 7) is 1.48. The number of halogens is 2. The summed E-state index contributed by atoms with van der Waals surface area (Å²) in [5, 5.41) is 0.979. The van der Waals surface area contributed by atoms with Gasteiger partial charge < -0.3 is 0 Å². The van der Waals surface area contributed by atoms with Gasteiger partial charge in [-0.2, -0.15) is 0 Å². The van der Waals surface area contributed by atoms with Crippen LogP contribution >= 0.6 is 47.2 Å². The Bertz CT molecular complexity index is 940. The zero-order chi connectivity index (χ0) is 18.1. The number of carbonyl (C=O) groups excluding carboxylic acids is 2. The molecule has 0 atom stereocenters. The molecule has 3 nitrogen and oxygen atoms in total. The first kappa shape index (κ1) is 18.1. The fraction of sp³-hybridized carbons (Fsp3) is 0.0556. The van der Waals surface area contributed by atoms with Crippen molar-refractivity contribution in [2.75, 3.05) is 4.90 Å². The lowest BCUT2D eigenvalue weighted by Gasteiger charge is -2.15. The molecule has 0 spiro atoms. The van der Waals surface area contributed by atoms with E-state index in [1.807, 2.05) is 0 Å². The number of amides is 1. The van der Waals surface area contributed by atoms with E-state index >= 15 is 0 Å². The summed E-state index contributed by atoms with van der Waals surface area (Å²) in [5.74, 6) is -0.322. The lowest BCUT2D eigenvalue weighted by molar-refractivity contribution is -0.113. The van der Waals surface area contributed by atoms with Crippen LogP contribution in [0.2, 0.25) is 10.0 Å². The van der Waals surface area contributed by atoms with Gasteiger partial charge in [0.2, 0.25) is 0 Å². The molecule has 0 aliphatic carbocycles. The summed E-state index contributed by atoms with van der Waals surface area (Å²) in [6, 6.07) is 11.9. The third kappa shape index (κ3) is 3.80. The third-order valence-electron chi connectivity index (χ3n) is 3.55. The van der Waals surface area contributed by atoms with E-state index in [0.29, 0.717) is 36.1 Å².